The zero-order valence-corrected chi connectivity index (χ0v) is 11.9. The van der Waals surface area contributed by atoms with Crippen LogP contribution in [0.1, 0.15) is 58.5 Å². The normalized spacial score (nSPS) is 24.2. The Morgan fingerprint density at radius 2 is 2.06 bits per heavy atom. The maximum atomic E-state index is 5.82. The van der Waals surface area contributed by atoms with Crippen molar-refractivity contribution in [2.45, 2.75) is 65.0 Å². The van der Waals surface area contributed by atoms with Gasteiger partial charge in [0, 0.05) is 17.7 Å². The Bertz CT molecular complexity index is 412. The lowest BCUT2D eigenvalue weighted by Gasteiger charge is -2.30. The highest BCUT2D eigenvalue weighted by molar-refractivity contribution is 5.19. The predicted molar refractivity (Wildman–Crippen MR) is 69.3 cm³/mol. The number of hydrogen-bond donors (Lipinski definition) is 0. The second-order valence-electron chi connectivity index (χ2n) is 6.62. The maximum Gasteiger partial charge on any atom is 0.0850 e. The van der Waals surface area contributed by atoms with Crippen molar-refractivity contribution in [2.24, 2.45) is 0 Å². The molecule has 17 heavy (non-hydrogen) atoms. The number of hydrogen-bond acceptors (Lipinski definition) is 2. The van der Waals surface area contributed by atoms with E-state index in [1.807, 2.05) is 0 Å². The summed E-state index contributed by atoms with van der Waals surface area (Å²) in [6.45, 7) is 13.9. The van der Waals surface area contributed by atoms with Gasteiger partial charge in [0.1, 0.15) is 0 Å². The summed E-state index contributed by atoms with van der Waals surface area (Å²) in [5, 5.41) is 4.69. The zero-order chi connectivity index (χ0) is 12.8. The van der Waals surface area contributed by atoms with E-state index >= 15 is 0 Å². The molecule has 2 rings (SSSR count). The van der Waals surface area contributed by atoms with E-state index < -0.39 is 0 Å². The molecule has 0 N–H and O–H groups in total. The highest BCUT2D eigenvalue weighted by atomic mass is 16.5. The van der Waals surface area contributed by atoms with Gasteiger partial charge in [0.2, 0.25) is 0 Å². The van der Waals surface area contributed by atoms with Crippen LogP contribution >= 0.6 is 0 Å². The van der Waals surface area contributed by atoms with Gasteiger partial charge in [-0.2, -0.15) is 5.10 Å². The lowest BCUT2D eigenvalue weighted by atomic mass is 9.90. The van der Waals surface area contributed by atoms with Crippen molar-refractivity contribution < 1.29 is 4.74 Å². The van der Waals surface area contributed by atoms with Crippen LogP contribution in [0, 0.1) is 6.92 Å². The lowest BCUT2D eigenvalue weighted by molar-refractivity contribution is 0.0107. The number of aromatic nitrogens is 2. The number of ether oxygens (including phenoxy) is 1. The molecule has 1 aromatic rings. The van der Waals surface area contributed by atoms with Gasteiger partial charge in [0.15, 0.2) is 0 Å². The van der Waals surface area contributed by atoms with Crippen molar-refractivity contribution in [2.75, 3.05) is 6.61 Å². The van der Waals surface area contributed by atoms with E-state index in [0.29, 0.717) is 6.04 Å². The average molecular weight is 236 g/mol. The van der Waals surface area contributed by atoms with Gasteiger partial charge >= 0.3 is 0 Å². The van der Waals surface area contributed by atoms with Crippen molar-refractivity contribution in [1.82, 2.24) is 9.78 Å². The van der Waals surface area contributed by atoms with E-state index in [1.165, 1.54) is 5.69 Å². The molecule has 3 heteroatoms. The molecule has 0 radical (unpaired) electrons. The fraction of sp³-hybridized carbons (Fsp3) is 0.786. The Morgan fingerprint density at radius 3 is 2.53 bits per heavy atom. The van der Waals surface area contributed by atoms with Crippen LogP contribution in [0.4, 0.5) is 0 Å². The smallest absolute Gasteiger partial charge is 0.0850 e. The minimum Gasteiger partial charge on any atom is -0.373 e. The van der Waals surface area contributed by atoms with E-state index in [-0.39, 0.29) is 11.0 Å². The first-order chi connectivity index (χ1) is 7.72. The first kappa shape index (κ1) is 12.6. The molecule has 0 bridgehead atoms. The quantitative estimate of drug-likeness (QED) is 0.748. The molecule has 0 spiro atoms. The molecule has 1 unspecified atom stereocenters. The lowest BCUT2D eigenvalue weighted by Crippen LogP contribution is -2.33. The average Bonchev–Trinajstić information content (AvgIpc) is 2.67. The standard InChI is InChI=1S/C14H24N2O/c1-10-9-12(13(2,3)4)16(15-10)11-7-8-17-14(11,5)6/h9,11H,7-8H2,1-6H3. The Balaban J connectivity index is 2.45. The third-order valence-corrected chi connectivity index (χ3v) is 3.59. The Morgan fingerprint density at radius 1 is 1.41 bits per heavy atom. The molecule has 1 fully saturated rings. The summed E-state index contributed by atoms with van der Waals surface area (Å²) in [7, 11) is 0. The van der Waals surface area contributed by atoms with E-state index in [4.69, 9.17) is 9.84 Å². The summed E-state index contributed by atoms with van der Waals surface area (Å²) in [5.74, 6) is 0. The van der Waals surface area contributed by atoms with Crippen LogP contribution in [0.5, 0.6) is 0 Å². The second kappa shape index (κ2) is 3.84. The number of nitrogens with zero attached hydrogens (tertiary/aromatic N) is 2. The highest BCUT2D eigenvalue weighted by Crippen LogP contribution is 2.38. The summed E-state index contributed by atoms with van der Waals surface area (Å²) >= 11 is 0. The molecular weight excluding hydrogens is 212 g/mol. The number of rotatable bonds is 1. The van der Waals surface area contributed by atoms with Gasteiger partial charge in [0.05, 0.1) is 17.3 Å². The van der Waals surface area contributed by atoms with Crippen LogP contribution < -0.4 is 0 Å². The Kier molecular flexibility index (Phi) is 2.85. The van der Waals surface area contributed by atoms with Crippen molar-refractivity contribution in [1.29, 1.82) is 0 Å². The van der Waals surface area contributed by atoms with Crippen molar-refractivity contribution >= 4 is 0 Å². The molecule has 96 valence electrons. The Hall–Kier alpha value is -0.830. The fourth-order valence-corrected chi connectivity index (χ4v) is 2.61. The molecule has 0 aliphatic carbocycles. The van der Waals surface area contributed by atoms with E-state index in [9.17, 15) is 0 Å². The van der Waals surface area contributed by atoms with Crippen LogP contribution in [-0.4, -0.2) is 22.0 Å². The van der Waals surface area contributed by atoms with Crippen LogP contribution in [0.25, 0.3) is 0 Å². The van der Waals surface area contributed by atoms with Crippen LogP contribution in [0.3, 0.4) is 0 Å². The highest BCUT2D eigenvalue weighted by Gasteiger charge is 2.39. The first-order valence-corrected chi connectivity index (χ1v) is 6.42. The molecule has 0 saturated carbocycles. The van der Waals surface area contributed by atoms with E-state index in [1.54, 1.807) is 0 Å². The third kappa shape index (κ3) is 2.25. The summed E-state index contributed by atoms with van der Waals surface area (Å²) in [6, 6.07) is 2.56. The summed E-state index contributed by atoms with van der Waals surface area (Å²) in [6.07, 6.45) is 1.05. The molecule has 3 nitrogen and oxygen atoms in total. The van der Waals surface area contributed by atoms with Gasteiger partial charge in [-0.05, 0) is 33.3 Å². The van der Waals surface area contributed by atoms with Crippen LogP contribution in [0.2, 0.25) is 0 Å². The molecular formula is C14H24N2O. The summed E-state index contributed by atoms with van der Waals surface area (Å²) in [4.78, 5) is 0. The van der Waals surface area contributed by atoms with Crippen molar-refractivity contribution in [3.05, 3.63) is 17.5 Å². The van der Waals surface area contributed by atoms with Crippen LogP contribution in [0.15, 0.2) is 6.07 Å². The third-order valence-electron chi connectivity index (χ3n) is 3.59. The SMILES string of the molecule is Cc1cc(C(C)(C)C)n(C2CCOC2(C)C)n1. The molecule has 0 aromatic carbocycles. The molecule has 2 heterocycles. The summed E-state index contributed by atoms with van der Waals surface area (Å²) < 4.78 is 8.02. The van der Waals surface area contributed by atoms with Crippen LogP contribution in [-0.2, 0) is 10.2 Å². The van der Waals surface area contributed by atoms with E-state index in [0.717, 1.165) is 18.7 Å². The largest absolute Gasteiger partial charge is 0.373 e. The Labute approximate surface area is 104 Å². The predicted octanol–water partition coefficient (Wildman–Crippen LogP) is 3.23. The van der Waals surface area contributed by atoms with Gasteiger partial charge in [0.25, 0.3) is 0 Å². The molecule has 1 aliphatic heterocycles. The second-order valence-corrected chi connectivity index (χ2v) is 6.62. The van der Waals surface area contributed by atoms with Crippen molar-refractivity contribution in [3.8, 4) is 0 Å². The van der Waals surface area contributed by atoms with Gasteiger partial charge in [-0.15, -0.1) is 0 Å². The van der Waals surface area contributed by atoms with E-state index in [2.05, 4.69) is 52.3 Å². The summed E-state index contributed by atoms with van der Waals surface area (Å²) in [5.41, 5.74) is 2.41. The molecule has 1 saturated heterocycles. The maximum absolute atomic E-state index is 5.82. The molecule has 0 amide bonds. The fourth-order valence-electron chi connectivity index (χ4n) is 2.61. The molecule has 1 aromatic heterocycles. The topological polar surface area (TPSA) is 27.1 Å². The molecule has 1 atom stereocenters. The van der Waals surface area contributed by atoms with Gasteiger partial charge < -0.3 is 4.74 Å². The van der Waals surface area contributed by atoms with Gasteiger partial charge in [-0.3, -0.25) is 4.68 Å². The minimum absolute atomic E-state index is 0.113. The van der Waals surface area contributed by atoms with Gasteiger partial charge in [-0.1, -0.05) is 20.8 Å². The monoisotopic (exact) mass is 236 g/mol. The molecule has 1 aliphatic rings. The zero-order valence-electron chi connectivity index (χ0n) is 11.9. The first-order valence-electron chi connectivity index (χ1n) is 6.42. The van der Waals surface area contributed by atoms with Gasteiger partial charge in [-0.25, -0.2) is 0 Å². The van der Waals surface area contributed by atoms with Crippen molar-refractivity contribution in [3.63, 3.8) is 0 Å². The minimum atomic E-state index is -0.113. The number of aryl methyl sites for hydroxylation is 1.